The van der Waals surface area contributed by atoms with Crippen LogP contribution in [0.4, 0.5) is 0 Å². The molecule has 0 bridgehead atoms. The monoisotopic (exact) mass is 247 g/mol. The zero-order valence-corrected chi connectivity index (χ0v) is 11.4. The fourth-order valence-corrected chi connectivity index (χ4v) is 2.44. The van der Waals surface area contributed by atoms with Crippen LogP contribution in [-0.2, 0) is 11.2 Å². The Morgan fingerprint density at radius 3 is 2.72 bits per heavy atom. The Balaban J connectivity index is 1.51. The first-order valence-electron chi connectivity index (χ1n) is 7.23. The first-order valence-corrected chi connectivity index (χ1v) is 7.23. The number of aryl methyl sites for hydroxylation is 1. The maximum atomic E-state index is 5.91. The van der Waals surface area contributed by atoms with Gasteiger partial charge in [-0.25, -0.2) is 0 Å². The van der Waals surface area contributed by atoms with Gasteiger partial charge in [-0.3, -0.25) is 0 Å². The van der Waals surface area contributed by atoms with Gasteiger partial charge < -0.3 is 10.1 Å². The van der Waals surface area contributed by atoms with Crippen LogP contribution in [0.25, 0.3) is 0 Å². The van der Waals surface area contributed by atoms with Crippen LogP contribution in [0, 0.1) is 0 Å². The van der Waals surface area contributed by atoms with E-state index in [1.165, 1.54) is 37.7 Å². The summed E-state index contributed by atoms with van der Waals surface area (Å²) < 4.78 is 5.91. The highest BCUT2D eigenvalue weighted by Crippen LogP contribution is 2.12. The highest BCUT2D eigenvalue weighted by atomic mass is 16.5. The predicted molar refractivity (Wildman–Crippen MR) is 75.8 cm³/mol. The molecule has 1 aliphatic rings. The van der Waals surface area contributed by atoms with Gasteiger partial charge >= 0.3 is 0 Å². The highest BCUT2D eigenvalue weighted by molar-refractivity contribution is 5.14. The number of ether oxygens (including phenoxy) is 1. The summed E-state index contributed by atoms with van der Waals surface area (Å²) in [7, 11) is 0. The lowest BCUT2D eigenvalue weighted by Crippen LogP contribution is -2.41. The van der Waals surface area contributed by atoms with Gasteiger partial charge in [0.25, 0.3) is 0 Å². The molecule has 0 aromatic heterocycles. The molecule has 2 rings (SSSR count). The van der Waals surface area contributed by atoms with Gasteiger partial charge in [0.1, 0.15) is 0 Å². The summed E-state index contributed by atoms with van der Waals surface area (Å²) >= 11 is 0. The van der Waals surface area contributed by atoms with Gasteiger partial charge in [0.2, 0.25) is 0 Å². The Labute approximate surface area is 111 Å². The van der Waals surface area contributed by atoms with E-state index in [0.29, 0.717) is 12.1 Å². The molecule has 1 N–H and O–H groups in total. The molecule has 18 heavy (non-hydrogen) atoms. The van der Waals surface area contributed by atoms with Crippen molar-refractivity contribution >= 4 is 0 Å². The molecule has 1 saturated heterocycles. The summed E-state index contributed by atoms with van der Waals surface area (Å²) in [6, 6.07) is 11.4. The number of unbranched alkanes of at least 4 members (excludes halogenated alkanes) is 1. The third-order valence-electron chi connectivity index (χ3n) is 3.67. The van der Waals surface area contributed by atoms with Crippen molar-refractivity contribution in [2.45, 2.75) is 51.2 Å². The number of piperidine rings is 1. The van der Waals surface area contributed by atoms with Crippen LogP contribution >= 0.6 is 0 Å². The molecule has 1 heterocycles. The summed E-state index contributed by atoms with van der Waals surface area (Å²) in [6.45, 7) is 4.18. The Morgan fingerprint density at radius 2 is 2.00 bits per heavy atom. The molecule has 1 aromatic rings. The molecule has 2 unspecified atom stereocenters. The summed E-state index contributed by atoms with van der Waals surface area (Å²) in [4.78, 5) is 0. The maximum Gasteiger partial charge on any atom is 0.0700 e. The molecule has 2 heteroatoms. The third kappa shape index (κ3) is 4.79. The third-order valence-corrected chi connectivity index (χ3v) is 3.67. The number of hydrogen-bond acceptors (Lipinski definition) is 2. The van der Waals surface area contributed by atoms with Gasteiger partial charge in [0.15, 0.2) is 0 Å². The molecule has 1 aliphatic heterocycles. The summed E-state index contributed by atoms with van der Waals surface area (Å²) in [5, 5.41) is 3.47. The SMILES string of the molecule is CC1CCC(OCCCCc2ccccc2)CN1. The van der Waals surface area contributed by atoms with E-state index < -0.39 is 0 Å². The number of hydrogen-bond donors (Lipinski definition) is 1. The van der Waals surface area contributed by atoms with Crippen LogP contribution < -0.4 is 5.32 Å². The molecule has 0 spiro atoms. The Morgan fingerprint density at radius 1 is 1.17 bits per heavy atom. The number of rotatable bonds is 6. The second-order valence-electron chi connectivity index (χ2n) is 5.32. The Kier molecular flexibility index (Phi) is 5.69. The van der Waals surface area contributed by atoms with Gasteiger partial charge in [0, 0.05) is 19.2 Å². The first kappa shape index (κ1) is 13.6. The fourth-order valence-electron chi connectivity index (χ4n) is 2.44. The van der Waals surface area contributed by atoms with Crippen molar-refractivity contribution in [2.75, 3.05) is 13.2 Å². The van der Waals surface area contributed by atoms with Crippen LogP contribution in [0.1, 0.15) is 38.2 Å². The van der Waals surface area contributed by atoms with Gasteiger partial charge in [0.05, 0.1) is 6.10 Å². The second-order valence-corrected chi connectivity index (χ2v) is 5.32. The Bertz CT molecular complexity index is 317. The van der Waals surface area contributed by atoms with Crippen molar-refractivity contribution in [1.29, 1.82) is 0 Å². The maximum absolute atomic E-state index is 5.91. The molecule has 2 nitrogen and oxygen atoms in total. The van der Waals surface area contributed by atoms with Crippen LogP contribution in [0.15, 0.2) is 30.3 Å². The summed E-state index contributed by atoms with van der Waals surface area (Å²) in [5.74, 6) is 0. The average Bonchev–Trinajstić information content (AvgIpc) is 2.42. The topological polar surface area (TPSA) is 21.3 Å². The van der Waals surface area contributed by atoms with Crippen molar-refractivity contribution in [3.63, 3.8) is 0 Å². The second kappa shape index (κ2) is 7.55. The number of nitrogens with one attached hydrogen (secondary N) is 1. The van der Waals surface area contributed by atoms with Crippen molar-refractivity contribution < 1.29 is 4.74 Å². The minimum absolute atomic E-state index is 0.443. The van der Waals surface area contributed by atoms with E-state index >= 15 is 0 Å². The summed E-state index contributed by atoms with van der Waals surface area (Å²) in [5.41, 5.74) is 1.44. The van der Waals surface area contributed by atoms with E-state index in [2.05, 4.69) is 42.6 Å². The fraction of sp³-hybridized carbons (Fsp3) is 0.625. The predicted octanol–water partition coefficient (Wildman–Crippen LogP) is 3.17. The molecule has 1 fully saturated rings. The minimum Gasteiger partial charge on any atom is -0.377 e. The van der Waals surface area contributed by atoms with E-state index in [4.69, 9.17) is 4.74 Å². The van der Waals surface area contributed by atoms with E-state index in [1.807, 2.05) is 0 Å². The largest absolute Gasteiger partial charge is 0.377 e. The molecule has 0 amide bonds. The van der Waals surface area contributed by atoms with Crippen molar-refractivity contribution in [3.05, 3.63) is 35.9 Å². The molecule has 0 aliphatic carbocycles. The van der Waals surface area contributed by atoms with E-state index in [1.54, 1.807) is 0 Å². The molecule has 0 radical (unpaired) electrons. The minimum atomic E-state index is 0.443. The van der Waals surface area contributed by atoms with Gasteiger partial charge in [-0.05, 0) is 44.6 Å². The highest BCUT2D eigenvalue weighted by Gasteiger charge is 2.17. The molecule has 0 saturated carbocycles. The lowest BCUT2D eigenvalue weighted by atomic mass is 10.0. The first-order chi connectivity index (χ1) is 8.84. The summed E-state index contributed by atoms with van der Waals surface area (Å²) in [6.07, 6.45) is 6.46. The van der Waals surface area contributed by atoms with Crippen molar-refractivity contribution in [3.8, 4) is 0 Å². The van der Waals surface area contributed by atoms with Crippen molar-refractivity contribution in [2.24, 2.45) is 0 Å². The van der Waals surface area contributed by atoms with Crippen molar-refractivity contribution in [1.82, 2.24) is 5.32 Å². The lowest BCUT2D eigenvalue weighted by molar-refractivity contribution is 0.0289. The number of benzene rings is 1. The van der Waals surface area contributed by atoms with Crippen LogP contribution in [0.5, 0.6) is 0 Å². The zero-order chi connectivity index (χ0) is 12.6. The van der Waals surface area contributed by atoms with Gasteiger partial charge in [-0.1, -0.05) is 30.3 Å². The van der Waals surface area contributed by atoms with E-state index in [0.717, 1.165) is 13.2 Å². The quantitative estimate of drug-likeness (QED) is 0.780. The molecule has 1 aromatic carbocycles. The normalized spacial score (nSPS) is 24.1. The lowest BCUT2D eigenvalue weighted by Gasteiger charge is -2.27. The van der Waals surface area contributed by atoms with Crippen LogP contribution in [-0.4, -0.2) is 25.3 Å². The zero-order valence-electron chi connectivity index (χ0n) is 11.4. The smallest absolute Gasteiger partial charge is 0.0700 e. The Hall–Kier alpha value is -0.860. The van der Waals surface area contributed by atoms with Gasteiger partial charge in [-0.15, -0.1) is 0 Å². The molecule has 2 atom stereocenters. The van der Waals surface area contributed by atoms with E-state index in [-0.39, 0.29) is 0 Å². The van der Waals surface area contributed by atoms with E-state index in [9.17, 15) is 0 Å². The van der Waals surface area contributed by atoms with Crippen LogP contribution in [0.3, 0.4) is 0 Å². The standard InChI is InChI=1S/C16H25NO/c1-14-10-11-16(13-17-14)18-12-6-5-9-15-7-3-2-4-8-15/h2-4,7-8,14,16-17H,5-6,9-13H2,1H3. The molecule has 100 valence electrons. The average molecular weight is 247 g/mol. The molecular formula is C16H25NO. The van der Waals surface area contributed by atoms with Gasteiger partial charge in [-0.2, -0.15) is 0 Å². The van der Waals surface area contributed by atoms with Crippen LogP contribution in [0.2, 0.25) is 0 Å². The molecular weight excluding hydrogens is 222 g/mol.